The van der Waals surface area contributed by atoms with Crippen molar-refractivity contribution in [2.75, 3.05) is 14.2 Å². The molecule has 1 aromatic heterocycles. The quantitative estimate of drug-likeness (QED) is 0.793. The van der Waals surface area contributed by atoms with Crippen LogP contribution in [0.2, 0.25) is 5.15 Å². The lowest BCUT2D eigenvalue weighted by atomic mass is 10.1. The van der Waals surface area contributed by atoms with Gasteiger partial charge in [-0.1, -0.05) is 11.6 Å². The van der Waals surface area contributed by atoms with Crippen molar-refractivity contribution in [2.24, 2.45) is 0 Å². The summed E-state index contributed by atoms with van der Waals surface area (Å²) in [6, 6.07) is 5.42. The molecule has 1 heterocycles. The molecule has 0 aliphatic rings. The van der Waals surface area contributed by atoms with Gasteiger partial charge in [0.05, 0.1) is 19.9 Å². The Kier molecular flexibility index (Phi) is 4.27. The second kappa shape index (κ2) is 5.75. The molecular weight excluding hydrogens is 332 g/mol. The number of hydrogen-bond donors (Lipinski definition) is 0. The molecule has 0 spiro atoms. The van der Waals surface area contributed by atoms with Gasteiger partial charge in [0, 0.05) is 11.6 Å². The lowest BCUT2D eigenvalue weighted by Gasteiger charge is -2.13. The molecule has 0 saturated carbocycles. The zero-order chi connectivity index (χ0) is 14.0. The third-order valence-electron chi connectivity index (χ3n) is 2.57. The minimum Gasteiger partial charge on any atom is -0.495 e. The molecule has 0 N–H and O–H groups in total. The highest BCUT2D eigenvalue weighted by Gasteiger charge is 2.15. The number of ether oxygens (including phenoxy) is 2. The van der Waals surface area contributed by atoms with Gasteiger partial charge >= 0.3 is 0 Å². The molecule has 0 unspecified atom stereocenters. The summed E-state index contributed by atoms with van der Waals surface area (Å²) in [5.74, 6) is 1.95. The lowest BCUT2D eigenvalue weighted by molar-refractivity contribution is 0.390. The van der Waals surface area contributed by atoms with Gasteiger partial charge in [-0.25, -0.2) is 9.97 Å². The summed E-state index contributed by atoms with van der Waals surface area (Å²) in [4.78, 5) is 8.42. The third-order valence-corrected chi connectivity index (χ3v) is 3.51. The van der Waals surface area contributed by atoms with Crippen molar-refractivity contribution in [2.45, 2.75) is 6.92 Å². The fraction of sp³-hybridized carbons (Fsp3) is 0.231. The van der Waals surface area contributed by atoms with E-state index in [1.807, 2.05) is 12.1 Å². The first kappa shape index (κ1) is 14.1. The van der Waals surface area contributed by atoms with Crippen molar-refractivity contribution in [3.63, 3.8) is 0 Å². The van der Waals surface area contributed by atoms with Crippen molar-refractivity contribution in [1.82, 2.24) is 9.97 Å². The maximum atomic E-state index is 5.97. The molecule has 0 radical (unpaired) electrons. The molecular formula is C13H12BrClN2O2. The summed E-state index contributed by atoms with van der Waals surface area (Å²) in [6.07, 6.45) is 0. The first-order chi connectivity index (χ1) is 9.06. The number of aryl methyl sites for hydroxylation is 1. The van der Waals surface area contributed by atoms with Crippen LogP contribution in [-0.2, 0) is 0 Å². The van der Waals surface area contributed by atoms with E-state index in [4.69, 9.17) is 21.1 Å². The van der Waals surface area contributed by atoms with E-state index in [0.717, 1.165) is 10.0 Å². The van der Waals surface area contributed by atoms with E-state index in [0.29, 0.717) is 28.2 Å². The minimum atomic E-state index is 0.400. The predicted molar refractivity (Wildman–Crippen MR) is 78.0 cm³/mol. The Morgan fingerprint density at radius 3 is 2.47 bits per heavy atom. The van der Waals surface area contributed by atoms with Gasteiger partial charge in [-0.15, -0.1) is 0 Å². The zero-order valence-electron chi connectivity index (χ0n) is 10.7. The molecule has 0 saturated heterocycles. The Labute approximate surface area is 124 Å². The molecule has 0 aliphatic carbocycles. The van der Waals surface area contributed by atoms with E-state index in [-0.39, 0.29) is 0 Å². The van der Waals surface area contributed by atoms with Gasteiger partial charge in [0.15, 0.2) is 0 Å². The molecule has 0 fully saturated rings. The Hall–Kier alpha value is -1.33. The highest BCUT2D eigenvalue weighted by atomic mass is 79.9. The number of rotatable bonds is 3. The number of hydrogen-bond acceptors (Lipinski definition) is 4. The molecule has 6 heteroatoms. The Balaban J connectivity index is 2.65. The molecule has 19 heavy (non-hydrogen) atoms. The van der Waals surface area contributed by atoms with Crippen LogP contribution in [0.1, 0.15) is 5.82 Å². The first-order valence-corrected chi connectivity index (χ1v) is 6.66. The SMILES string of the molecule is COc1ccc(-c2cc(Cl)nc(C)n2)c(OC)c1Br. The molecule has 2 aromatic rings. The zero-order valence-corrected chi connectivity index (χ0v) is 13.0. The van der Waals surface area contributed by atoms with Crippen LogP contribution < -0.4 is 9.47 Å². The molecule has 1 aromatic carbocycles. The summed E-state index contributed by atoms with van der Waals surface area (Å²) in [7, 11) is 3.20. The van der Waals surface area contributed by atoms with Gasteiger partial charge in [-0.05, 0) is 35.0 Å². The van der Waals surface area contributed by atoms with Gasteiger partial charge in [-0.3, -0.25) is 0 Å². The smallest absolute Gasteiger partial charge is 0.146 e. The van der Waals surface area contributed by atoms with Crippen LogP contribution in [0.15, 0.2) is 22.7 Å². The summed E-state index contributed by atoms with van der Waals surface area (Å²) in [6.45, 7) is 1.79. The summed E-state index contributed by atoms with van der Waals surface area (Å²) < 4.78 is 11.4. The average Bonchev–Trinajstić information content (AvgIpc) is 2.37. The van der Waals surface area contributed by atoms with E-state index in [1.165, 1.54) is 0 Å². The molecule has 0 bridgehead atoms. The van der Waals surface area contributed by atoms with Crippen molar-refractivity contribution in [1.29, 1.82) is 0 Å². The van der Waals surface area contributed by atoms with Gasteiger partial charge in [0.2, 0.25) is 0 Å². The van der Waals surface area contributed by atoms with Crippen molar-refractivity contribution >= 4 is 27.5 Å². The number of aromatic nitrogens is 2. The van der Waals surface area contributed by atoms with Gasteiger partial charge in [0.1, 0.15) is 26.9 Å². The highest BCUT2D eigenvalue weighted by Crippen LogP contribution is 2.41. The number of benzene rings is 1. The van der Waals surface area contributed by atoms with E-state index < -0.39 is 0 Å². The van der Waals surface area contributed by atoms with Crippen LogP contribution in [0.3, 0.4) is 0 Å². The van der Waals surface area contributed by atoms with Crippen molar-refractivity contribution in [3.8, 4) is 22.8 Å². The fourth-order valence-electron chi connectivity index (χ4n) is 1.77. The maximum absolute atomic E-state index is 5.97. The minimum absolute atomic E-state index is 0.400. The normalized spacial score (nSPS) is 10.4. The predicted octanol–water partition coefficient (Wildman–Crippen LogP) is 3.89. The molecule has 100 valence electrons. The first-order valence-electron chi connectivity index (χ1n) is 5.49. The number of halogens is 2. The van der Waals surface area contributed by atoms with E-state index in [2.05, 4.69) is 25.9 Å². The second-order valence-corrected chi connectivity index (χ2v) is 4.97. The van der Waals surface area contributed by atoms with Crippen LogP contribution in [0, 0.1) is 6.92 Å². The molecule has 2 rings (SSSR count). The van der Waals surface area contributed by atoms with Crippen LogP contribution in [0.5, 0.6) is 11.5 Å². The van der Waals surface area contributed by atoms with E-state index >= 15 is 0 Å². The molecule has 0 atom stereocenters. The largest absolute Gasteiger partial charge is 0.495 e. The Morgan fingerprint density at radius 1 is 1.16 bits per heavy atom. The topological polar surface area (TPSA) is 44.2 Å². The summed E-state index contributed by atoms with van der Waals surface area (Å²) >= 11 is 9.43. The van der Waals surface area contributed by atoms with Gasteiger partial charge < -0.3 is 9.47 Å². The Bertz CT molecular complexity index is 600. The number of methoxy groups -OCH3 is 2. The summed E-state index contributed by atoms with van der Waals surface area (Å²) in [5.41, 5.74) is 1.53. The molecule has 4 nitrogen and oxygen atoms in total. The van der Waals surface area contributed by atoms with Crippen LogP contribution in [0.4, 0.5) is 0 Å². The average molecular weight is 344 g/mol. The van der Waals surface area contributed by atoms with Crippen molar-refractivity contribution in [3.05, 3.63) is 33.6 Å². The third kappa shape index (κ3) is 2.82. The molecule has 0 amide bonds. The van der Waals surface area contributed by atoms with Gasteiger partial charge in [0.25, 0.3) is 0 Å². The fourth-order valence-corrected chi connectivity index (χ4v) is 2.66. The monoisotopic (exact) mass is 342 g/mol. The lowest BCUT2D eigenvalue weighted by Crippen LogP contribution is -1.96. The highest BCUT2D eigenvalue weighted by molar-refractivity contribution is 9.10. The second-order valence-electron chi connectivity index (χ2n) is 3.79. The van der Waals surface area contributed by atoms with E-state index in [1.54, 1.807) is 27.2 Å². The van der Waals surface area contributed by atoms with Crippen LogP contribution >= 0.6 is 27.5 Å². The van der Waals surface area contributed by atoms with E-state index in [9.17, 15) is 0 Å². The maximum Gasteiger partial charge on any atom is 0.146 e. The number of nitrogens with zero attached hydrogens (tertiary/aromatic N) is 2. The Morgan fingerprint density at radius 2 is 1.89 bits per heavy atom. The molecule has 0 aliphatic heterocycles. The van der Waals surface area contributed by atoms with Crippen LogP contribution in [-0.4, -0.2) is 24.2 Å². The van der Waals surface area contributed by atoms with Gasteiger partial charge in [-0.2, -0.15) is 0 Å². The van der Waals surface area contributed by atoms with Crippen LogP contribution in [0.25, 0.3) is 11.3 Å². The van der Waals surface area contributed by atoms with Crippen molar-refractivity contribution < 1.29 is 9.47 Å². The standard InChI is InChI=1S/C13H12BrClN2O2/c1-7-16-9(6-11(15)17-7)8-4-5-10(18-2)12(14)13(8)19-3/h4-6H,1-3H3. The summed E-state index contributed by atoms with van der Waals surface area (Å²) in [5, 5.41) is 0.400.